The summed E-state index contributed by atoms with van der Waals surface area (Å²) in [5.74, 6) is 0.971. The number of ether oxygens (including phenoxy) is 3. The number of fused-ring (bicyclic) bond motifs is 1. The van der Waals surface area contributed by atoms with E-state index in [1.165, 1.54) is 7.11 Å². The standard InChI is InChI=1S/C12H14O5/c1-15-12(14)5-3-9(13)8-2-4-10-11(6-8)17-7-16-10/h2,4,6,9,13H,3,5,7H2,1H3. The van der Waals surface area contributed by atoms with Crippen LogP contribution in [0.15, 0.2) is 18.2 Å². The van der Waals surface area contributed by atoms with Gasteiger partial charge in [0.1, 0.15) is 0 Å². The highest BCUT2D eigenvalue weighted by atomic mass is 16.7. The number of benzene rings is 1. The van der Waals surface area contributed by atoms with E-state index in [4.69, 9.17) is 9.47 Å². The van der Waals surface area contributed by atoms with Crippen molar-refractivity contribution in [3.8, 4) is 11.5 Å². The molecule has 5 nitrogen and oxygen atoms in total. The molecule has 1 unspecified atom stereocenters. The molecule has 0 aliphatic carbocycles. The van der Waals surface area contributed by atoms with E-state index in [1.54, 1.807) is 18.2 Å². The Morgan fingerprint density at radius 2 is 2.24 bits per heavy atom. The molecule has 1 aromatic rings. The van der Waals surface area contributed by atoms with Crippen LogP contribution in [0.5, 0.6) is 11.5 Å². The molecule has 17 heavy (non-hydrogen) atoms. The predicted molar refractivity (Wildman–Crippen MR) is 58.8 cm³/mol. The summed E-state index contributed by atoms with van der Waals surface area (Å²) in [7, 11) is 1.33. The highest BCUT2D eigenvalue weighted by Crippen LogP contribution is 2.34. The van der Waals surface area contributed by atoms with Crippen LogP contribution in [-0.4, -0.2) is 25.0 Å². The van der Waals surface area contributed by atoms with Crippen LogP contribution in [0.25, 0.3) is 0 Å². The molecule has 2 rings (SSSR count). The van der Waals surface area contributed by atoms with Crippen molar-refractivity contribution in [1.29, 1.82) is 0 Å². The average Bonchev–Trinajstić information content (AvgIpc) is 2.82. The van der Waals surface area contributed by atoms with Gasteiger partial charge in [0.25, 0.3) is 0 Å². The summed E-state index contributed by atoms with van der Waals surface area (Å²) in [5.41, 5.74) is 0.707. The third kappa shape index (κ3) is 2.68. The van der Waals surface area contributed by atoms with Crippen molar-refractivity contribution in [3.05, 3.63) is 23.8 Å². The molecule has 0 amide bonds. The Morgan fingerprint density at radius 3 is 3.00 bits per heavy atom. The minimum Gasteiger partial charge on any atom is -0.469 e. The molecule has 0 radical (unpaired) electrons. The Morgan fingerprint density at radius 1 is 1.47 bits per heavy atom. The average molecular weight is 238 g/mol. The summed E-state index contributed by atoms with van der Waals surface area (Å²) in [6.07, 6.45) is -0.193. The van der Waals surface area contributed by atoms with E-state index in [9.17, 15) is 9.90 Å². The SMILES string of the molecule is COC(=O)CCC(O)c1ccc2c(c1)OCO2. The quantitative estimate of drug-likeness (QED) is 0.803. The molecule has 1 aromatic carbocycles. The highest BCUT2D eigenvalue weighted by Gasteiger charge is 2.17. The highest BCUT2D eigenvalue weighted by molar-refractivity contribution is 5.69. The number of esters is 1. The fourth-order valence-corrected chi connectivity index (χ4v) is 1.64. The molecule has 0 aromatic heterocycles. The van der Waals surface area contributed by atoms with Gasteiger partial charge in [-0.3, -0.25) is 4.79 Å². The second-order valence-electron chi connectivity index (χ2n) is 3.74. The zero-order valence-corrected chi connectivity index (χ0v) is 9.51. The molecular formula is C12H14O5. The van der Waals surface area contributed by atoms with Crippen molar-refractivity contribution < 1.29 is 24.1 Å². The smallest absolute Gasteiger partial charge is 0.305 e. The van der Waals surface area contributed by atoms with Crippen LogP contribution in [0.2, 0.25) is 0 Å². The lowest BCUT2D eigenvalue weighted by atomic mass is 10.0. The second-order valence-corrected chi connectivity index (χ2v) is 3.74. The lowest BCUT2D eigenvalue weighted by molar-refractivity contribution is -0.141. The first kappa shape index (κ1) is 11.7. The topological polar surface area (TPSA) is 65.0 Å². The van der Waals surface area contributed by atoms with E-state index >= 15 is 0 Å². The van der Waals surface area contributed by atoms with Crippen molar-refractivity contribution in [2.24, 2.45) is 0 Å². The summed E-state index contributed by atoms with van der Waals surface area (Å²) in [5, 5.41) is 9.89. The number of carbonyl (C=O) groups is 1. The predicted octanol–water partition coefficient (Wildman–Crippen LogP) is 1.40. The number of aliphatic hydroxyl groups is 1. The fraction of sp³-hybridized carbons (Fsp3) is 0.417. The Labute approximate surface area is 98.9 Å². The molecule has 0 saturated carbocycles. The third-order valence-corrected chi connectivity index (χ3v) is 2.63. The van der Waals surface area contributed by atoms with Crippen molar-refractivity contribution in [2.75, 3.05) is 13.9 Å². The zero-order chi connectivity index (χ0) is 12.3. The molecule has 0 saturated heterocycles. The van der Waals surface area contributed by atoms with Crippen LogP contribution in [0, 0.1) is 0 Å². The first-order valence-corrected chi connectivity index (χ1v) is 5.35. The van der Waals surface area contributed by atoms with Gasteiger partial charge in [0.05, 0.1) is 13.2 Å². The minimum atomic E-state index is -0.705. The molecule has 0 bridgehead atoms. The molecule has 1 N–H and O–H groups in total. The van der Waals surface area contributed by atoms with Gasteiger partial charge in [0.2, 0.25) is 6.79 Å². The molecule has 0 fully saturated rings. The van der Waals surface area contributed by atoms with E-state index in [0.29, 0.717) is 23.5 Å². The summed E-state index contributed by atoms with van der Waals surface area (Å²) in [6.45, 7) is 0.205. The van der Waals surface area contributed by atoms with E-state index in [0.717, 1.165) is 0 Å². The van der Waals surface area contributed by atoms with Crippen LogP contribution in [0.1, 0.15) is 24.5 Å². The number of hydrogen-bond donors (Lipinski definition) is 1. The van der Waals surface area contributed by atoms with Gasteiger partial charge < -0.3 is 19.3 Å². The summed E-state index contributed by atoms with van der Waals surface area (Å²) < 4.78 is 14.9. The zero-order valence-electron chi connectivity index (χ0n) is 9.51. The van der Waals surface area contributed by atoms with Gasteiger partial charge in [-0.25, -0.2) is 0 Å². The van der Waals surface area contributed by atoms with E-state index in [1.807, 2.05) is 0 Å². The van der Waals surface area contributed by atoms with Crippen LogP contribution < -0.4 is 9.47 Å². The first-order valence-electron chi connectivity index (χ1n) is 5.35. The maximum atomic E-state index is 11.0. The van der Waals surface area contributed by atoms with Gasteiger partial charge in [-0.1, -0.05) is 6.07 Å². The molecule has 5 heteroatoms. The molecule has 1 aliphatic rings. The molecule has 1 heterocycles. The molecule has 1 atom stereocenters. The number of rotatable bonds is 4. The maximum Gasteiger partial charge on any atom is 0.305 e. The molecule has 0 spiro atoms. The molecule has 92 valence electrons. The summed E-state index contributed by atoms with van der Waals surface area (Å²) >= 11 is 0. The number of aliphatic hydroxyl groups excluding tert-OH is 1. The van der Waals surface area contributed by atoms with Crippen molar-refractivity contribution in [2.45, 2.75) is 18.9 Å². The maximum absolute atomic E-state index is 11.0. The normalized spacial score (nSPS) is 14.5. The van der Waals surface area contributed by atoms with Gasteiger partial charge in [-0.2, -0.15) is 0 Å². The number of methoxy groups -OCH3 is 1. The van der Waals surface area contributed by atoms with Crippen LogP contribution in [0.4, 0.5) is 0 Å². The van der Waals surface area contributed by atoms with Crippen LogP contribution in [0.3, 0.4) is 0 Å². The van der Waals surface area contributed by atoms with Crippen molar-refractivity contribution >= 4 is 5.97 Å². The van der Waals surface area contributed by atoms with Crippen LogP contribution in [-0.2, 0) is 9.53 Å². The Bertz CT molecular complexity index is 415. The van der Waals surface area contributed by atoms with Crippen molar-refractivity contribution in [1.82, 2.24) is 0 Å². The van der Waals surface area contributed by atoms with Gasteiger partial charge in [0.15, 0.2) is 11.5 Å². The van der Waals surface area contributed by atoms with E-state index in [-0.39, 0.29) is 19.2 Å². The van der Waals surface area contributed by atoms with Crippen LogP contribution >= 0.6 is 0 Å². The Hall–Kier alpha value is -1.75. The fourth-order valence-electron chi connectivity index (χ4n) is 1.64. The van der Waals surface area contributed by atoms with Crippen molar-refractivity contribution in [3.63, 3.8) is 0 Å². The number of hydrogen-bond acceptors (Lipinski definition) is 5. The molecular weight excluding hydrogens is 224 g/mol. The van der Waals surface area contributed by atoms with E-state index in [2.05, 4.69) is 4.74 Å². The molecule has 1 aliphatic heterocycles. The van der Waals surface area contributed by atoms with E-state index < -0.39 is 6.10 Å². The van der Waals surface area contributed by atoms with Gasteiger partial charge in [0, 0.05) is 6.42 Å². The lowest BCUT2D eigenvalue weighted by Gasteiger charge is -2.10. The summed E-state index contributed by atoms with van der Waals surface area (Å²) in [6, 6.07) is 5.23. The summed E-state index contributed by atoms with van der Waals surface area (Å²) in [4.78, 5) is 11.0. The largest absolute Gasteiger partial charge is 0.469 e. The Balaban J connectivity index is 1.99. The lowest BCUT2D eigenvalue weighted by Crippen LogP contribution is -2.04. The van der Waals surface area contributed by atoms with Gasteiger partial charge in [-0.05, 0) is 24.1 Å². The van der Waals surface area contributed by atoms with Gasteiger partial charge in [-0.15, -0.1) is 0 Å². The Kier molecular flexibility index (Phi) is 3.49. The first-order chi connectivity index (χ1) is 8.20. The second kappa shape index (κ2) is 5.05. The number of carbonyl (C=O) groups excluding carboxylic acids is 1. The minimum absolute atomic E-state index is 0.187. The van der Waals surface area contributed by atoms with Gasteiger partial charge >= 0.3 is 5.97 Å². The monoisotopic (exact) mass is 238 g/mol. The third-order valence-electron chi connectivity index (χ3n) is 2.63.